The summed E-state index contributed by atoms with van der Waals surface area (Å²) in [7, 11) is 0. The maximum absolute atomic E-state index is 12.3. The van der Waals surface area contributed by atoms with E-state index < -0.39 is 11.6 Å². The van der Waals surface area contributed by atoms with Crippen molar-refractivity contribution in [3.05, 3.63) is 17.6 Å². The lowest BCUT2D eigenvalue weighted by Gasteiger charge is -2.43. The number of nitrogens with one attached hydrogen (secondary N) is 1. The second-order valence-corrected chi connectivity index (χ2v) is 8.93. The Morgan fingerprint density at radius 3 is 2.57 bits per heavy atom. The van der Waals surface area contributed by atoms with Crippen molar-refractivity contribution in [1.82, 2.24) is 15.3 Å². The molecule has 1 amide bonds. The van der Waals surface area contributed by atoms with Crippen molar-refractivity contribution in [2.75, 3.05) is 18.0 Å². The summed E-state index contributed by atoms with van der Waals surface area (Å²) in [6.45, 7) is 8.79. The second-order valence-electron chi connectivity index (χ2n) is 8.93. The van der Waals surface area contributed by atoms with Crippen LogP contribution >= 0.6 is 0 Å². The van der Waals surface area contributed by atoms with Gasteiger partial charge in [-0.1, -0.05) is 6.42 Å². The van der Waals surface area contributed by atoms with Crippen molar-refractivity contribution in [1.29, 1.82) is 0 Å². The second kappa shape index (κ2) is 7.56. The molecule has 3 rings (SSSR count). The van der Waals surface area contributed by atoms with Gasteiger partial charge in [-0.2, -0.15) is 0 Å². The average Bonchev–Trinajstić information content (AvgIpc) is 2.95. The van der Waals surface area contributed by atoms with Crippen LogP contribution in [0.4, 0.5) is 10.6 Å². The van der Waals surface area contributed by atoms with Gasteiger partial charge in [-0.05, 0) is 58.8 Å². The summed E-state index contributed by atoms with van der Waals surface area (Å²) >= 11 is 0. The van der Waals surface area contributed by atoms with Crippen molar-refractivity contribution in [3.63, 3.8) is 0 Å². The number of alkyl carbamates (subject to hydrolysis) is 1. The van der Waals surface area contributed by atoms with Crippen LogP contribution in [0.1, 0.15) is 69.1 Å². The number of rotatable bonds is 3. The van der Waals surface area contributed by atoms with E-state index in [1.54, 1.807) is 0 Å². The van der Waals surface area contributed by atoms with Crippen LogP contribution in [0.15, 0.2) is 6.20 Å². The van der Waals surface area contributed by atoms with Gasteiger partial charge in [0.25, 0.3) is 0 Å². The fourth-order valence-electron chi connectivity index (χ4n) is 4.41. The van der Waals surface area contributed by atoms with Gasteiger partial charge in [0.15, 0.2) is 11.5 Å². The van der Waals surface area contributed by atoms with Crippen LogP contribution < -0.4 is 10.2 Å². The van der Waals surface area contributed by atoms with Gasteiger partial charge < -0.3 is 20.1 Å². The van der Waals surface area contributed by atoms with E-state index in [-0.39, 0.29) is 23.2 Å². The number of hydrogen-bond donors (Lipinski definition) is 2. The predicted octanol–water partition coefficient (Wildman–Crippen LogP) is 3.15. The Morgan fingerprint density at radius 1 is 1.29 bits per heavy atom. The summed E-state index contributed by atoms with van der Waals surface area (Å²) in [6, 6.07) is 0.0898. The van der Waals surface area contributed by atoms with Crippen LogP contribution in [0.3, 0.4) is 0 Å². The molecule has 2 fully saturated rings. The van der Waals surface area contributed by atoms with Crippen molar-refractivity contribution < 1.29 is 19.4 Å². The number of ether oxygens (including phenoxy) is 1. The van der Waals surface area contributed by atoms with Crippen molar-refractivity contribution in [2.24, 2.45) is 5.41 Å². The highest BCUT2D eigenvalue weighted by molar-refractivity contribution is 5.91. The number of carbonyl (C=O) groups excluding carboxylic acids is 1. The first-order valence-electron chi connectivity index (χ1n) is 9.91. The monoisotopic (exact) mass is 390 g/mol. The molecule has 0 bridgehead atoms. The van der Waals surface area contributed by atoms with Crippen LogP contribution in [0.5, 0.6) is 0 Å². The van der Waals surface area contributed by atoms with E-state index in [9.17, 15) is 14.7 Å². The molecule has 8 heteroatoms. The maximum atomic E-state index is 12.3. The third-order valence-electron chi connectivity index (χ3n) is 5.73. The molecular formula is C20H30N4O4. The Morgan fingerprint density at radius 2 is 1.96 bits per heavy atom. The minimum absolute atomic E-state index is 0.00333. The molecule has 1 saturated heterocycles. The molecule has 0 aromatic carbocycles. The van der Waals surface area contributed by atoms with Gasteiger partial charge in [-0.15, -0.1) is 0 Å². The van der Waals surface area contributed by atoms with Gasteiger partial charge >= 0.3 is 12.1 Å². The van der Waals surface area contributed by atoms with E-state index in [0.29, 0.717) is 24.6 Å². The number of amides is 1. The van der Waals surface area contributed by atoms with E-state index in [1.807, 2.05) is 32.6 Å². The number of nitrogens with zero attached hydrogens (tertiary/aromatic N) is 3. The molecule has 1 aromatic rings. The number of hydrogen-bond acceptors (Lipinski definition) is 6. The summed E-state index contributed by atoms with van der Waals surface area (Å²) < 4.78 is 5.44. The number of carboxylic acids is 1. The number of aromatic carboxylic acids is 1. The molecule has 154 valence electrons. The molecular weight excluding hydrogens is 360 g/mol. The SMILES string of the molecule is Cc1cnc(C(=O)O)c(N2CCC3(CCC[C@H]3NC(=O)OC(C)(C)C)CC2)n1. The normalized spacial score (nSPS) is 21.6. The molecule has 0 radical (unpaired) electrons. The standard InChI is InChI=1S/C20H30N4O4/c1-13-12-21-15(17(25)26)16(22-13)24-10-8-20(9-11-24)7-5-6-14(20)23-18(27)28-19(2,3)4/h12,14H,5-11H2,1-4H3,(H,23,27)(H,25,26)/t14-/m1/s1. The summed E-state index contributed by atoms with van der Waals surface area (Å²) in [5.74, 6) is -0.620. The predicted molar refractivity (Wildman–Crippen MR) is 105 cm³/mol. The van der Waals surface area contributed by atoms with Gasteiger partial charge in [-0.3, -0.25) is 0 Å². The van der Waals surface area contributed by atoms with Crippen molar-refractivity contribution >= 4 is 17.9 Å². The van der Waals surface area contributed by atoms with Gasteiger partial charge in [-0.25, -0.2) is 19.6 Å². The zero-order chi connectivity index (χ0) is 20.5. The minimum Gasteiger partial charge on any atom is -0.476 e. The lowest BCUT2D eigenvalue weighted by Crippen LogP contribution is -2.51. The van der Waals surface area contributed by atoms with E-state index in [0.717, 1.165) is 32.1 Å². The average molecular weight is 390 g/mol. The van der Waals surface area contributed by atoms with E-state index >= 15 is 0 Å². The van der Waals surface area contributed by atoms with Gasteiger partial charge in [0, 0.05) is 25.3 Å². The number of carboxylic acid groups (broad SMARTS) is 1. The quantitative estimate of drug-likeness (QED) is 0.817. The first kappa shape index (κ1) is 20.4. The minimum atomic E-state index is -1.06. The molecule has 1 spiro atoms. The fraction of sp³-hybridized carbons (Fsp3) is 0.700. The zero-order valence-electron chi connectivity index (χ0n) is 17.1. The topological polar surface area (TPSA) is 105 Å². The molecule has 28 heavy (non-hydrogen) atoms. The summed E-state index contributed by atoms with van der Waals surface area (Å²) in [6.07, 6.45) is 5.96. The van der Waals surface area contributed by atoms with E-state index in [4.69, 9.17) is 4.74 Å². The van der Waals surface area contributed by atoms with Crippen LogP contribution in [0, 0.1) is 12.3 Å². The highest BCUT2D eigenvalue weighted by Crippen LogP contribution is 2.47. The molecule has 1 atom stereocenters. The number of aromatic nitrogens is 2. The molecule has 2 aliphatic rings. The Labute approximate surface area is 165 Å². The first-order valence-corrected chi connectivity index (χ1v) is 9.91. The van der Waals surface area contributed by atoms with Crippen LogP contribution in [-0.4, -0.2) is 51.9 Å². The molecule has 2 heterocycles. The van der Waals surface area contributed by atoms with E-state index in [2.05, 4.69) is 15.3 Å². The highest BCUT2D eigenvalue weighted by atomic mass is 16.6. The van der Waals surface area contributed by atoms with Crippen LogP contribution in [-0.2, 0) is 4.74 Å². The Balaban J connectivity index is 1.69. The third kappa shape index (κ3) is 4.36. The van der Waals surface area contributed by atoms with E-state index in [1.165, 1.54) is 6.20 Å². The molecule has 1 aliphatic carbocycles. The number of aryl methyl sites for hydroxylation is 1. The maximum Gasteiger partial charge on any atom is 0.407 e. The third-order valence-corrected chi connectivity index (χ3v) is 5.73. The Kier molecular flexibility index (Phi) is 5.50. The van der Waals surface area contributed by atoms with Crippen LogP contribution in [0.2, 0.25) is 0 Å². The number of piperidine rings is 1. The zero-order valence-corrected chi connectivity index (χ0v) is 17.1. The first-order chi connectivity index (χ1) is 13.1. The molecule has 1 aromatic heterocycles. The summed E-state index contributed by atoms with van der Waals surface area (Å²) in [5.41, 5.74) is 0.215. The lowest BCUT2D eigenvalue weighted by molar-refractivity contribution is 0.0441. The molecule has 2 N–H and O–H groups in total. The van der Waals surface area contributed by atoms with Crippen LogP contribution in [0.25, 0.3) is 0 Å². The Hall–Kier alpha value is -2.38. The Bertz CT molecular complexity index is 751. The van der Waals surface area contributed by atoms with Gasteiger partial charge in [0.1, 0.15) is 5.60 Å². The molecule has 0 unspecified atom stereocenters. The lowest BCUT2D eigenvalue weighted by atomic mass is 9.74. The number of anilines is 1. The van der Waals surface area contributed by atoms with Crippen molar-refractivity contribution in [3.8, 4) is 0 Å². The fourth-order valence-corrected chi connectivity index (χ4v) is 4.41. The molecule has 1 saturated carbocycles. The number of carbonyl (C=O) groups is 2. The van der Waals surface area contributed by atoms with Crippen molar-refractivity contribution in [2.45, 2.75) is 71.4 Å². The molecule has 8 nitrogen and oxygen atoms in total. The molecule has 1 aliphatic heterocycles. The smallest absolute Gasteiger partial charge is 0.407 e. The van der Waals surface area contributed by atoms with Gasteiger partial charge in [0.05, 0.1) is 5.69 Å². The highest BCUT2D eigenvalue weighted by Gasteiger charge is 2.46. The van der Waals surface area contributed by atoms with Gasteiger partial charge in [0.2, 0.25) is 0 Å². The summed E-state index contributed by atoms with van der Waals surface area (Å²) in [5, 5.41) is 12.5. The summed E-state index contributed by atoms with van der Waals surface area (Å²) in [4.78, 5) is 34.3. The largest absolute Gasteiger partial charge is 0.476 e.